The molecule has 0 spiro atoms. The molecule has 0 aliphatic carbocycles. The highest BCUT2D eigenvalue weighted by Crippen LogP contribution is 2.32. The summed E-state index contributed by atoms with van der Waals surface area (Å²) >= 11 is 7.39. The van der Waals surface area contributed by atoms with Crippen molar-refractivity contribution in [1.29, 1.82) is 0 Å². The Morgan fingerprint density at radius 1 is 0.870 bits per heavy atom. The van der Waals surface area contributed by atoms with Crippen molar-refractivity contribution < 1.29 is 0 Å². The van der Waals surface area contributed by atoms with Gasteiger partial charge in [0.05, 0.1) is 18.6 Å². The zero-order valence-electron chi connectivity index (χ0n) is 13.6. The van der Waals surface area contributed by atoms with Gasteiger partial charge < -0.3 is 4.90 Å². The highest BCUT2D eigenvalue weighted by Gasteiger charge is 2.29. The third kappa shape index (κ3) is 3.77. The van der Waals surface area contributed by atoms with Crippen LogP contribution in [-0.2, 0) is 0 Å². The van der Waals surface area contributed by atoms with Gasteiger partial charge in [0.1, 0.15) is 4.32 Å². The minimum atomic E-state index is 0.293. The zero-order valence-corrected chi connectivity index (χ0v) is 15.2. The van der Waals surface area contributed by atoms with Crippen LogP contribution in [0.1, 0.15) is 37.1 Å². The molecule has 2 aromatic rings. The molecule has 2 aromatic carbocycles. The molecule has 0 radical (unpaired) electrons. The Kier molecular flexibility index (Phi) is 5.36. The Labute approximate surface area is 148 Å². The largest absolute Gasteiger partial charge is 0.338 e. The SMILES string of the molecule is C[C@H](c1ccccc1)N1CSC(=S)N([C@H](C)c2ccccc2)C1. The lowest BCUT2D eigenvalue weighted by Crippen LogP contribution is -2.46. The smallest absolute Gasteiger partial charge is 0.139 e. The van der Waals surface area contributed by atoms with E-state index in [2.05, 4.69) is 84.3 Å². The second-order valence-corrected chi connectivity index (χ2v) is 7.49. The summed E-state index contributed by atoms with van der Waals surface area (Å²) in [7, 11) is 0. The van der Waals surface area contributed by atoms with Crippen molar-refractivity contribution in [2.75, 3.05) is 12.5 Å². The maximum absolute atomic E-state index is 5.62. The van der Waals surface area contributed by atoms with E-state index >= 15 is 0 Å². The van der Waals surface area contributed by atoms with Crippen LogP contribution < -0.4 is 0 Å². The van der Waals surface area contributed by atoms with E-state index < -0.39 is 0 Å². The molecule has 0 saturated carbocycles. The monoisotopic (exact) mass is 342 g/mol. The summed E-state index contributed by atoms with van der Waals surface area (Å²) in [5.74, 6) is 0.951. The van der Waals surface area contributed by atoms with E-state index in [4.69, 9.17) is 12.2 Å². The van der Waals surface area contributed by atoms with Gasteiger partial charge in [0.25, 0.3) is 0 Å². The summed E-state index contributed by atoms with van der Waals surface area (Å²) in [6, 6.07) is 22.0. The first kappa shape index (κ1) is 16.5. The molecule has 3 rings (SSSR count). The number of rotatable bonds is 4. The van der Waals surface area contributed by atoms with E-state index in [9.17, 15) is 0 Å². The number of benzene rings is 2. The predicted molar refractivity (Wildman–Crippen MR) is 103 cm³/mol. The van der Waals surface area contributed by atoms with Gasteiger partial charge in [-0.25, -0.2) is 0 Å². The van der Waals surface area contributed by atoms with Gasteiger partial charge in [-0.1, -0.05) is 84.6 Å². The third-order valence-electron chi connectivity index (χ3n) is 4.50. The van der Waals surface area contributed by atoms with Gasteiger partial charge in [0.2, 0.25) is 0 Å². The van der Waals surface area contributed by atoms with Crippen molar-refractivity contribution in [3.8, 4) is 0 Å². The fraction of sp³-hybridized carbons (Fsp3) is 0.316. The van der Waals surface area contributed by atoms with Crippen molar-refractivity contribution in [2.45, 2.75) is 25.9 Å². The first-order valence-electron chi connectivity index (χ1n) is 7.94. The Balaban J connectivity index is 1.76. The van der Waals surface area contributed by atoms with Crippen LogP contribution in [0.2, 0.25) is 0 Å². The molecule has 0 N–H and O–H groups in total. The average molecular weight is 343 g/mol. The van der Waals surface area contributed by atoms with Crippen LogP contribution in [-0.4, -0.2) is 26.7 Å². The minimum Gasteiger partial charge on any atom is -0.338 e. The Morgan fingerprint density at radius 2 is 1.39 bits per heavy atom. The van der Waals surface area contributed by atoms with Crippen molar-refractivity contribution in [1.82, 2.24) is 9.80 Å². The van der Waals surface area contributed by atoms with Crippen molar-refractivity contribution in [3.63, 3.8) is 0 Å². The van der Waals surface area contributed by atoms with Crippen LogP contribution in [0.5, 0.6) is 0 Å². The molecule has 1 fully saturated rings. The lowest BCUT2D eigenvalue weighted by Gasteiger charge is -2.42. The van der Waals surface area contributed by atoms with E-state index in [1.54, 1.807) is 11.8 Å². The van der Waals surface area contributed by atoms with Crippen LogP contribution in [0.4, 0.5) is 0 Å². The normalized spacial score (nSPS) is 18.7. The van der Waals surface area contributed by atoms with Crippen LogP contribution in [0, 0.1) is 0 Å². The van der Waals surface area contributed by atoms with Crippen LogP contribution in [0.15, 0.2) is 60.7 Å². The quantitative estimate of drug-likeness (QED) is 0.716. The number of hydrogen-bond acceptors (Lipinski definition) is 3. The molecule has 4 heteroatoms. The van der Waals surface area contributed by atoms with E-state index in [1.165, 1.54) is 11.1 Å². The van der Waals surface area contributed by atoms with E-state index in [0.717, 1.165) is 16.9 Å². The molecule has 1 heterocycles. The topological polar surface area (TPSA) is 6.48 Å². The van der Waals surface area contributed by atoms with E-state index in [1.807, 2.05) is 0 Å². The summed E-state index contributed by atoms with van der Waals surface area (Å²) < 4.78 is 0.998. The minimum absolute atomic E-state index is 0.293. The summed E-state index contributed by atoms with van der Waals surface area (Å²) in [6.45, 7) is 5.38. The third-order valence-corrected chi connectivity index (χ3v) is 6.03. The number of thioether (sulfide) groups is 1. The number of nitrogens with zero attached hydrogens (tertiary/aromatic N) is 2. The van der Waals surface area contributed by atoms with Gasteiger partial charge >= 0.3 is 0 Å². The highest BCUT2D eigenvalue weighted by molar-refractivity contribution is 8.22. The van der Waals surface area contributed by atoms with Gasteiger partial charge in [-0.15, -0.1) is 0 Å². The summed E-state index contributed by atoms with van der Waals surface area (Å²) in [5, 5.41) is 0. The average Bonchev–Trinajstić information content (AvgIpc) is 2.62. The van der Waals surface area contributed by atoms with Crippen LogP contribution in [0.3, 0.4) is 0 Å². The Hall–Kier alpha value is -1.36. The molecule has 0 amide bonds. The first-order valence-corrected chi connectivity index (χ1v) is 9.33. The van der Waals surface area contributed by atoms with Gasteiger partial charge in [-0.05, 0) is 25.0 Å². The molecule has 1 aliphatic rings. The molecular weight excluding hydrogens is 320 g/mol. The molecule has 0 unspecified atom stereocenters. The summed E-state index contributed by atoms with van der Waals surface area (Å²) in [5.41, 5.74) is 2.66. The maximum atomic E-state index is 5.62. The lowest BCUT2D eigenvalue weighted by atomic mass is 10.1. The second kappa shape index (κ2) is 7.47. The lowest BCUT2D eigenvalue weighted by molar-refractivity contribution is 0.144. The van der Waals surface area contributed by atoms with Crippen LogP contribution >= 0.6 is 24.0 Å². The molecule has 23 heavy (non-hydrogen) atoms. The summed E-state index contributed by atoms with van der Waals surface area (Å²) in [4.78, 5) is 4.81. The molecule has 1 aliphatic heterocycles. The zero-order chi connectivity index (χ0) is 16.2. The molecule has 120 valence electrons. The molecule has 1 saturated heterocycles. The summed E-state index contributed by atoms with van der Waals surface area (Å²) in [6.07, 6.45) is 0. The second-order valence-electron chi connectivity index (χ2n) is 5.91. The maximum Gasteiger partial charge on any atom is 0.139 e. The van der Waals surface area contributed by atoms with Gasteiger partial charge in [-0.3, -0.25) is 4.90 Å². The Bertz CT molecular complexity index is 645. The predicted octanol–water partition coefficient (Wildman–Crippen LogP) is 5.06. The Morgan fingerprint density at radius 3 is 1.96 bits per heavy atom. The van der Waals surface area contributed by atoms with Crippen LogP contribution in [0.25, 0.3) is 0 Å². The molecular formula is C19H22N2S2. The number of thiocarbonyl (C=S) groups is 1. The molecule has 2 atom stereocenters. The fourth-order valence-corrected chi connectivity index (χ4v) is 4.22. The van der Waals surface area contributed by atoms with Gasteiger partial charge in [0.15, 0.2) is 0 Å². The van der Waals surface area contributed by atoms with Gasteiger partial charge in [-0.2, -0.15) is 0 Å². The molecule has 2 nitrogen and oxygen atoms in total. The van der Waals surface area contributed by atoms with E-state index in [0.29, 0.717) is 12.1 Å². The van der Waals surface area contributed by atoms with Crippen molar-refractivity contribution in [3.05, 3.63) is 71.8 Å². The standard InChI is InChI=1S/C19H22N2S2/c1-15(17-9-5-3-6-10-17)20-13-21(19(22)23-14-20)16(2)18-11-7-4-8-12-18/h3-12,15-16H,13-14H2,1-2H3/t15-,16-/m1/s1. The van der Waals surface area contributed by atoms with Crippen molar-refractivity contribution in [2.24, 2.45) is 0 Å². The van der Waals surface area contributed by atoms with Gasteiger partial charge in [0, 0.05) is 6.04 Å². The number of hydrogen-bond donors (Lipinski definition) is 0. The first-order chi connectivity index (χ1) is 11.2. The highest BCUT2D eigenvalue weighted by atomic mass is 32.2. The van der Waals surface area contributed by atoms with E-state index in [-0.39, 0.29) is 0 Å². The molecule has 0 aromatic heterocycles. The van der Waals surface area contributed by atoms with Crippen molar-refractivity contribution >= 4 is 28.3 Å². The fourth-order valence-electron chi connectivity index (χ4n) is 2.88. The molecule has 0 bridgehead atoms.